The summed E-state index contributed by atoms with van der Waals surface area (Å²) < 4.78 is 10.4. The van der Waals surface area contributed by atoms with E-state index in [9.17, 15) is 5.26 Å². The highest BCUT2D eigenvalue weighted by Gasteiger charge is 2.17. The van der Waals surface area contributed by atoms with Gasteiger partial charge < -0.3 is 14.6 Å². The lowest BCUT2D eigenvalue weighted by atomic mass is 10.1. The molecule has 0 amide bonds. The maximum atomic E-state index is 9.45. The molecular weight excluding hydrogens is 338 g/mol. The zero-order valence-corrected chi connectivity index (χ0v) is 14.1. The van der Waals surface area contributed by atoms with Crippen LogP contribution in [0.4, 0.5) is 5.69 Å². The number of rotatable bonds is 5. The molecule has 3 rings (SSSR count). The molecule has 0 fully saturated rings. The highest BCUT2D eigenvalue weighted by atomic mass is 35.5. The molecule has 5 nitrogen and oxygen atoms in total. The number of benzene rings is 2. The van der Waals surface area contributed by atoms with Crippen LogP contribution in [0.1, 0.15) is 11.3 Å². The van der Waals surface area contributed by atoms with E-state index in [1.54, 1.807) is 31.5 Å². The average Bonchev–Trinajstić information content (AvgIpc) is 3.05. The quantitative estimate of drug-likeness (QED) is 0.703. The Bertz CT molecular complexity index is 940. The van der Waals surface area contributed by atoms with Gasteiger partial charge in [0.25, 0.3) is 0 Å². The fraction of sp³-hybridized carbons (Fsp3) is 0.0526. The molecule has 6 heteroatoms. The Morgan fingerprint density at radius 2 is 1.96 bits per heavy atom. The van der Waals surface area contributed by atoms with E-state index in [2.05, 4.69) is 16.5 Å². The van der Waals surface area contributed by atoms with Gasteiger partial charge in [-0.2, -0.15) is 5.26 Å². The Morgan fingerprint density at radius 1 is 1.20 bits per heavy atom. The summed E-state index contributed by atoms with van der Waals surface area (Å²) in [6.07, 6.45) is 3.33. The fourth-order valence-electron chi connectivity index (χ4n) is 2.26. The number of halogens is 1. The fourth-order valence-corrected chi connectivity index (χ4v) is 2.49. The molecule has 0 bridgehead atoms. The summed E-state index contributed by atoms with van der Waals surface area (Å²) in [6.45, 7) is 0. The SMILES string of the molecule is COc1ccc(N/C=C/c2onc(-c3ccccc3Cl)c2C#N)cc1. The summed E-state index contributed by atoms with van der Waals surface area (Å²) in [7, 11) is 1.62. The topological polar surface area (TPSA) is 71.1 Å². The van der Waals surface area contributed by atoms with Crippen molar-refractivity contribution in [3.05, 3.63) is 71.1 Å². The zero-order valence-electron chi connectivity index (χ0n) is 13.4. The summed E-state index contributed by atoms with van der Waals surface area (Å²) in [5.74, 6) is 1.14. The van der Waals surface area contributed by atoms with Crippen LogP contribution < -0.4 is 10.1 Å². The molecular formula is C19H14ClN3O2. The van der Waals surface area contributed by atoms with Gasteiger partial charge in [-0.3, -0.25) is 0 Å². The van der Waals surface area contributed by atoms with E-state index in [0.717, 1.165) is 11.4 Å². The Labute approximate surface area is 150 Å². The van der Waals surface area contributed by atoms with Crippen LogP contribution in [0.3, 0.4) is 0 Å². The minimum atomic E-state index is 0.334. The first kappa shape index (κ1) is 16.6. The first-order chi connectivity index (χ1) is 12.2. The predicted octanol–water partition coefficient (Wildman–Crippen LogP) is 4.96. The third kappa shape index (κ3) is 3.65. The molecule has 0 atom stereocenters. The summed E-state index contributed by atoms with van der Waals surface area (Å²) in [5.41, 5.74) is 2.30. The number of aromatic nitrogens is 1. The first-order valence-electron chi connectivity index (χ1n) is 7.44. The first-order valence-corrected chi connectivity index (χ1v) is 7.82. The highest BCUT2D eigenvalue weighted by Crippen LogP contribution is 2.31. The van der Waals surface area contributed by atoms with Gasteiger partial charge in [-0.1, -0.05) is 35.0 Å². The van der Waals surface area contributed by atoms with E-state index in [1.807, 2.05) is 36.4 Å². The number of nitriles is 1. The Morgan fingerprint density at radius 3 is 2.64 bits per heavy atom. The largest absolute Gasteiger partial charge is 0.497 e. The van der Waals surface area contributed by atoms with Gasteiger partial charge in [-0.15, -0.1) is 0 Å². The maximum absolute atomic E-state index is 9.45. The van der Waals surface area contributed by atoms with Gasteiger partial charge in [0, 0.05) is 23.5 Å². The van der Waals surface area contributed by atoms with Crippen LogP contribution >= 0.6 is 11.6 Å². The second-order valence-electron chi connectivity index (χ2n) is 5.07. The van der Waals surface area contributed by atoms with E-state index in [-0.39, 0.29) is 0 Å². The summed E-state index contributed by atoms with van der Waals surface area (Å²) in [6, 6.07) is 16.8. The summed E-state index contributed by atoms with van der Waals surface area (Å²) in [4.78, 5) is 0. The van der Waals surface area contributed by atoms with Crippen molar-refractivity contribution in [2.45, 2.75) is 0 Å². The third-order valence-corrected chi connectivity index (χ3v) is 3.86. The van der Waals surface area contributed by atoms with Crippen LogP contribution in [0.2, 0.25) is 5.02 Å². The Kier molecular flexibility index (Phi) is 5.03. The van der Waals surface area contributed by atoms with Crippen molar-refractivity contribution < 1.29 is 9.26 Å². The van der Waals surface area contributed by atoms with Crippen molar-refractivity contribution in [1.82, 2.24) is 5.16 Å². The molecule has 25 heavy (non-hydrogen) atoms. The van der Waals surface area contributed by atoms with Gasteiger partial charge in [0.15, 0.2) is 5.76 Å². The lowest BCUT2D eigenvalue weighted by Crippen LogP contribution is -1.88. The molecule has 0 saturated carbocycles. The van der Waals surface area contributed by atoms with Crippen LogP contribution in [-0.2, 0) is 0 Å². The smallest absolute Gasteiger partial charge is 0.179 e. The van der Waals surface area contributed by atoms with Crippen molar-refractivity contribution in [3.63, 3.8) is 0 Å². The number of nitrogens with one attached hydrogen (secondary N) is 1. The molecule has 2 aromatic carbocycles. The zero-order chi connectivity index (χ0) is 17.6. The van der Waals surface area contributed by atoms with E-state index < -0.39 is 0 Å². The van der Waals surface area contributed by atoms with Crippen LogP contribution in [-0.4, -0.2) is 12.3 Å². The molecule has 0 aliphatic rings. The van der Waals surface area contributed by atoms with E-state index in [0.29, 0.717) is 27.6 Å². The van der Waals surface area contributed by atoms with Crippen LogP contribution in [0.5, 0.6) is 5.75 Å². The molecule has 0 radical (unpaired) electrons. The minimum Gasteiger partial charge on any atom is -0.497 e. The molecule has 1 aromatic heterocycles. The second-order valence-corrected chi connectivity index (χ2v) is 5.48. The number of hydrogen-bond donors (Lipinski definition) is 1. The Balaban J connectivity index is 1.81. The van der Waals surface area contributed by atoms with E-state index in [4.69, 9.17) is 20.9 Å². The van der Waals surface area contributed by atoms with Crippen molar-refractivity contribution in [3.8, 4) is 23.1 Å². The second kappa shape index (κ2) is 7.56. The van der Waals surface area contributed by atoms with Crippen LogP contribution in [0.25, 0.3) is 17.3 Å². The number of methoxy groups -OCH3 is 1. The van der Waals surface area contributed by atoms with Crippen molar-refractivity contribution in [1.29, 1.82) is 5.26 Å². The van der Waals surface area contributed by atoms with Crippen molar-refractivity contribution in [2.24, 2.45) is 0 Å². The summed E-state index contributed by atoms with van der Waals surface area (Å²) in [5, 5.41) is 17.1. The molecule has 0 unspecified atom stereocenters. The van der Waals surface area contributed by atoms with Gasteiger partial charge in [0.2, 0.25) is 0 Å². The molecule has 124 valence electrons. The van der Waals surface area contributed by atoms with E-state index in [1.165, 1.54) is 0 Å². The molecule has 3 aromatic rings. The molecule has 1 heterocycles. The minimum absolute atomic E-state index is 0.334. The normalized spacial score (nSPS) is 10.6. The van der Waals surface area contributed by atoms with Gasteiger partial charge in [0.05, 0.1) is 12.1 Å². The van der Waals surface area contributed by atoms with Crippen LogP contribution in [0.15, 0.2) is 59.3 Å². The van der Waals surface area contributed by atoms with Gasteiger partial charge in [-0.25, -0.2) is 0 Å². The molecule has 0 aliphatic carbocycles. The average molecular weight is 352 g/mol. The van der Waals surface area contributed by atoms with Crippen molar-refractivity contribution >= 4 is 23.4 Å². The maximum Gasteiger partial charge on any atom is 0.179 e. The Hall–Kier alpha value is -3.23. The van der Waals surface area contributed by atoms with Gasteiger partial charge in [-0.05, 0) is 30.3 Å². The molecule has 0 aliphatic heterocycles. The molecule has 1 N–H and O–H groups in total. The lowest BCUT2D eigenvalue weighted by Gasteiger charge is -2.02. The lowest BCUT2D eigenvalue weighted by molar-refractivity contribution is 0.414. The summed E-state index contributed by atoms with van der Waals surface area (Å²) >= 11 is 6.17. The predicted molar refractivity (Wildman–Crippen MR) is 97.3 cm³/mol. The molecule has 0 saturated heterocycles. The van der Waals surface area contributed by atoms with Crippen molar-refractivity contribution in [2.75, 3.05) is 12.4 Å². The highest BCUT2D eigenvalue weighted by molar-refractivity contribution is 6.33. The monoisotopic (exact) mass is 351 g/mol. The number of nitrogens with zero attached hydrogens (tertiary/aromatic N) is 2. The number of anilines is 1. The van der Waals surface area contributed by atoms with Gasteiger partial charge in [0.1, 0.15) is 23.1 Å². The third-order valence-electron chi connectivity index (χ3n) is 3.53. The van der Waals surface area contributed by atoms with Crippen LogP contribution in [0, 0.1) is 11.3 Å². The van der Waals surface area contributed by atoms with E-state index >= 15 is 0 Å². The number of ether oxygens (including phenoxy) is 1. The van der Waals surface area contributed by atoms with Gasteiger partial charge >= 0.3 is 0 Å². The molecule has 0 spiro atoms. The number of hydrogen-bond acceptors (Lipinski definition) is 5. The standard InChI is InChI=1S/C19H14ClN3O2/c1-24-14-8-6-13(7-9-14)22-11-10-18-16(12-21)19(23-25-18)15-4-2-3-5-17(15)20/h2-11,22H,1H3/b11-10+.